The van der Waals surface area contributed by atoms with Crippen molar-refractivity contribution in [3.05, 3.63) is 46.4 Å². The van der Waals surface area contributed by atoms with Crippen LogP contribution in [0, 0.1) is 0 Å². The first kappa shape index (κ1) is 15.8. The summed E-state index contributed by atoms with van der Waals surface area (Å²) >= 11 is 12.7. The summed E-state index contributed by atoms with van der Waals surface area (Å²) in [4.78, 5) is 2.13. The van der Waals surface area contributed by atoms with E-state index in [1.165, 1.54) is 0 Å². The van der Waals surface area contributed by atoms with Gasteiger partial charge in [-0.25, -0.2) is 0 Å². The topological polar surface area (TPSA) is 38.5 Å². The Kier molecular flexibility index (Phi) is 5.21. The van der Waals surface area contributed by atoms with Crippen LogP contribution >= 0.6 is 23.2 Å². The Morgan fingerprint density at radius 3 is 2.29 bits per heavy atom. The zero-order chi connectivity index (χ0) is 15.4. The van der Waals surface area contributed by atoms with Gasteiger partial charge in [0, 0.05) is 19.2 Å². The standard InChI is InChI=1S/C16H18Cl2N2O/c1-3-20(4-2)14-9-12(18)16(10-11(14)17)21-15-8-6-5-7-13(15)19/h5-10H,3-4,19H2,1-2H3. The van der Waals surface area contributed by atoms with Gasteiger partial charge in [-0.1, -0.05) is 35.3 Å². The number of nitrogens with two attached hydrogens (primary N) is 1. The summed E-state index contributed by atoms with van der Waals surface area (Å²) in [5, 5.41) is 1.11. The highest BCUT2D eigenvalue weighted by Crippen LogP contribution is 2.39. The van der Waals surface area contributed by atoms with Gasteiger partial charge < -0.3 is 15.4 Å². The molecule has 2 rings (SSSR count). The molecule has 0 aromatic heterocycles. The maximum absolute atomic E-state index is 6.35. The molecule has 0 radical (unpaired) electrons. The van der Waals surface area contributed by atoms with Crippen LogP contribution in [0.15, 0.2) is 36.4 Å². The SMILES string of the molecule is CCN(CC)c1cc(Cl)c(Oc2ccccc2N)cc1Cl. The van der Waals surface area contributed by atoms with Gasteiger partial charge in [0.25, 0.3) is 0 Å². The molecule has 3 nitrogen and oxygen atoms in total. The summed E-state index contributed by atoms with van der Waals surface area (Å²) in [5.74, 6) is 1.06. The molecule has 2 N–H and O–H groups in total. The zero-order valence-corrected chi connectivity index (χ0v) is 13.6. The number of benzene rings is 2. The van der Waals surface area contributed by atoms with E-state index >= 15 is 0 Å². The van der Waals surface area contributed by atoms with Crippen molar-refractivity contribution in [1.29, 1.82) is 0 Å². The van der Waals surface area contributed by atoms with Crippen molar-refractivity contribution in [3.63, 3.8) is 0 Å². The second-order valence-electron chi connectivity index (χ2n) is 4.55. The van der Waals surface area contributed by atoms with E-state index in [4.69, 9.17) is 33.7 Å². The second-order valence-corrected chi connectivity index (χ2v) is 5.36. The lowest BCUT2D eigenvalue weighted by Crippen LogP contribution is -2.22. The number of hydrogen-bond acceptors (Lipinski definition) is 3. The highest BCUT2D eigenvalue weighted by atomic mass is 35.5. The Bertz CT molecular complexity index is 628. The molecule has 0 aliphatic carbocycles. The van der Waals surface area contributed by atoms with Gasteiger partial charge in [-0.05, 0) is 32.0 Å². The number of anilines is 2. The van der Waals surface area contributed by atoms with Gasteiger partial charge in [-0.2, -0.15) is 0 Å². The average molecular weight is 325 g/mol. The molecule has 0 bridgehead atoms. The Balaban J connectivity index is 2.35. The summed E-state index contributed by atoms with van der Waals surface area (Å²) < 4.78 is 5.76. The van der Waals surface area contributed by atoms with E-state index in [0.29, 0.717) is 27.2 Å². The first-order valence-electron chi connectivity index (χ1n) is 6.83. The van der Waals surface area contributed by atoms with Crippen molar-refractivity contribution in [3.8, 4) is 11.5 Å². The summed E-state index contributed by atoms with van der Waals surface area (Å²) in [7, 11) is 0. The highest BCUT2D eigenvalue weighted by Gasteiger charge is 2.13. The predicted octanol–water partition coefficient (Wildman–Crippen LogP) is 5.21. The van der Waals surface area contributed by atoms with Crippen LogP contribution < -0.4 is 15.4 Å². The fraction of sp³-hybridized carbons (Fsp3) is 0.250. The number of hydrogen-bond donors (Lipinski definition) is 1. The first-order valence-corrected chi connectivity index (χ1v) is 7.58. The summed E-state index contributed by atoms with van der Waals surface area (Å²) in [5.41, 5.74) is 7.32. The minimum absolute atomic E-state index is 0.496. The lowest BCUT2D eigenvalue weighted by Gasteiger charge is -2.23. The second kappa shape index (κ2) is 6.92. The van der Waals surface area contributed by atoms with Crippen LogP contribution in [-0.2, 0) is 0 Å². The average Bonchev–Trinajstić information content (AvgIpc) is 2.47. The number of nitrogens with zero attached hydrogens (tertiary/aromatic N) is 1. The molecule has 2 aromatic carbocycles. The van der Waals surface area contributed by atoms with Crippen molar-refractivity contribution in [2.75, 3.05) is 23.7 Å². The van der Waals surface area contributed by atoms with Gasteiger partial charge >= 0.3 is 0 Å². The van der Waals surface area contributed by atoms with Crippen LogP contribution in [0.4, 0.5) is 11.4 Å². The van der Waals surface area contributed by atoms with E-state index in [9.17, 15) is 0 Å². The molecule has 0 saturated heterocycles. The van der Waals surface area contributed by atoms with Gasteiger partial charge in [0.15, 0.2) is 0 Å². The van der Waals surface area contributed by atoms with Crippen LogP contribution in [0.5, 0.6) is 11.5 Å². The molecule has 0 saturated carbocycles. The third-order valence-corrected chi connectivity index (χ3v) is 3.84. The van der Waals surface area contributed by atoms with Crippen molar-refractivity contribution < 1.29 is 4.74 Å². The van der Waals surface area contributed by atoms with Gasteiger partial charge in [0.2, 0.25) is 0 Å². The third-order valence-electron chi connectivity index (χ3n) is 3.24. The van der Waals surface area contributed by atoms with Gasteiger partial charge in [0.05, 0.1) is 21.4 Å². The molecule has 0 amide bonds. The molecule has 2 aromatic rings. The Morgan fingerprint density at radius 1 is 1.00 bits per heavy atom. The van der Waals surface area contributed by atoms with E-state index in [2.05, 4.69) is 18.7 Å². The maximum Gasteiger partial charge on any atom is 0.150 e. The molecule has 21 heavy (non-hydrogen) atoms. The van der Waals surface area contributed by atoms with Gasteiger partial charge in [-0.3, -0.25) is 0 Å². The summed E-state index contributed by atoms with van der Waals surface area (Å²) in [6.07, 6.45) is 0. The molecule has 0 unspecified atom stereocenters. The van der Waals surface area contributed by atoms with E-state index in [-0.39, 0.29) is 0 Å². The van der Waals surface area contributed by atoms with Crippen LogP contribution in [-0.4, -0.2) is 13.1 Å². The molecule has 0 aliphatic heterocycles. The molecule has 112 valence electrons. The van der Waals surface area contributed by atoms with Crippen molar-refractivity contribution in [2.24, 2.45) is 0 Å². The van der Waals surface area contributed by atoms with Crippen molar-refractivity contribution in [1.82, 2.24) is 0 Å². The van der Waals surface area contributed by atoms with Crippen molar-refractivity contribution in [2.45, 2.75) is 13.8 Å². The van der Waals surface area contributed by atoms with Crippen LogP contribution in [0.3, 0.4) is 0 Å². The number of nitrogen functional groups attached to an aromatic ring is 1. The maximum atomic E-state index is 6.35. The smallest absolute Gasteiger partial charge is 0.150 e. The Labute approximate surface area is 135 Å². The molecular weight excluding hydrogens is 307 g/mol. The number of para-hydroxylation sites is 2. The third kappa shape index (κ3) is 3.55. The largest absolute Gasteiger partial charge is 0.454 e. The molecule has 0 aliphatic rings. The normalized spacial score (nSPS) is 10.5. The monoisotopic (exact) mass is 324 g/mol. The zero-order valence-electron chi connectivity index (χ0n) is 12.1. The van der Waals surface area contributed by atoms with E-state index in [0.717, 1.165) is 18.8 Å². The fourth-order valence-electron chi connectivity index (χ4n) is 2.09. The molecular formula is C16H18Cl2N2O. The van der Waals surface area contributed by atoms with E-state index < -0.39 is 0 Å². The number of rotatable bonds is 5. The highest BCUT2D eigenvalue weighted by molar-refractivity contribution is 6.36. The number of ether oxygens (including phenoxy) is 1. The summed E-state index contributed by atoms with van der Waals surface area (Å²) in [6, 6.07) is 10.8. The van der Waals surface area contributed by atoms with Gasteiger partial charge in [0.1, 0.15) is 11.5 Å². The van der Waals surface area contributed by atoms with E-state index in [1.807, 2.05) is 18.2 Å². The lowest BCUT2D eigenvalue weighted by atomic mass is 10.2. The van der Waals surface area contributed by atoms with Crippen molar-refractivity contribution >= 4 is 34.6 Å². The van der Waals surface area contributed by atoms with E-state index in [1.54, 1.807) is 18.2 Å². The first-order chi connectivity index (χ1) is 10.1. The predicted molar refractivity (Wildman–Crippen MR) is 91.0 cm³/mol. The Morgan fingerprint density at radius 2 is 1.67 bits per heavy atom. The minimum Gasteiger partial charge on any atom is -0.454 e. The minimum atomic E-state index is 0.496. The molecule has 0 heterocycles. The quantitative estimate of drug-likeness (QED) is 0.767. The van der Waals surface area contributed by atoms with Gasteiger partial charge in [-0.15, -0.1) is 0 Å². The summed E-state index contributed by atoms with van der Waals surface area (Å²) in [6.45, 7) is 5.86. The van der Waals surface area contributed by atoms with Crippen LogP contribution in [0.2, 0.25) is 10.0 Å². The molecule has 5 heteroatoms. The molecule has 0 spiro atoms. The fourth-order valence-corrected chi connectivity index (χ4v) is 2.56. The van der Waals surface area contributed by atoms with Crippen LogP contribution in [0.25, 0.3) is 0 Å². The Hall–Kier alpha value is -1.58. The molecule has 0 fully saturated rings. The molecule has 0 atom stereocenters. The lowest BCUT2D eigenvalue weighted by molar-refractivity contribution is 0.485. The van der Waals surface area contributed by atoms with Crippen LogP contribution in [0.1, 0.15) is 13.8 Å². The number of halogens is 2.